The van der Waals surface area contributed by atoms with Gasteiger partial charge in [-0.1, -0.05) is 6.07 Å². The molecule has 0 aliphatic rings. The van der Waals surface area contributed by atoms with Gasteiger partial charge in [0.25, 0.3) is 0 Å². The molecule has 15 heavy (non-hydrogen) atoms. The third kappa shape index (κ3) is 3.60. The molecule has 0 aliphatic heterocycles. The van der Waals surface area contributed by atoms with Gasteiger partial charge < -0.3 is 11.1 Å². The first-order chi connectivity index (χ1) is 7.00. The van der Waals surface area contributed by atoms with Gasteiger partial charge in [0.15, 0.2) is 0 Å². The Balaban J connectivity index is 2.58. The minimum Gasteiger partial charge on any atom is -0.368 e. The number of rotatable bonds is 4. The summed E-state index contributed by atoms with van der Waals surface area (Å²) in [5.41, 5.74) is 5.97. The third-order valence-corrected chi connectivity index (χ3v) is 2.63. The lowest BCUT2D eigenvalue weighted by atomic mass is 10.2. The van der Waals surface area contributed by atoms with Crippen molar-refractivity contribution in [3.63, 3.8) is 0 Å². The van der Waals surface area contributed by atoms with Gasteiger partial charge in [0.05, 0.1) is 10.5 Å². The highest BCUT2D eigenvalue weighted by atomic mass is 79.9. The fourth-order valence-corrected chi connectivity index (χ4v) is 1.45. The maximum absolute atomic E-state index is 12.9. The Bertz CT molecular complexity index is 370. The summed E-state index contributed by atoms with van der Waals surface area (Å²) < 4.78 is 13.3. The largest absolute Gasteiger partial charge is 0.368 e. The molecule has 0 aliphatic carbocycles. The Morgan fingerprint density at radius 1 is 1.67 bits per heavy atom. The summed E-state index contributed by atoms with van der Waals surface area (Å²) in [6.45, 7) is 2.16. The molecule has 1 unspecified atom stereocenters. The van der Waals surface area contributed by atoms with Gasteiger partial charge in [0, 0.05) is 6.54 Å². The quantitative estimate of drug-likeness (QED) is 0.876. The molecule has 0 spiro atoms. The second-order valence-corrected chi connectivity index (χ2v) is 4.11. The van der Waals surface area contributed by atoms with Gasteiger partial charge in [-0.25, -0.2) is 4.39 Å². The molecule has 0 bridgehead atoms. The van der Waals surface area contributed by atoms with Crippen molar-refractivity contribution in [3.8, 4) is 0 Å². The van der Waals surface area contributed by atoms with Crippen molar-refractivity contribution in [2.45, 2.75) is 19.5 Å². The molecule has 1 aromatic rings. The second-order valence-electron chi connectivity index (χ2n) is 3.25. The Morgan fingerprint density at radius 3 is 2.87 bits per heavy atom. The SMILES string of the molecule is CC(NCc1ccc(F)c(Br)c1)C(N)=O. The van der Waals surface area contributed by atoms with Crippen LogP contribution >= 0.6 is 15.9 Å². The van der Waals surface area contributed by atoms with Gasteiger partial charge in [-0.2, -0.15) is 0 Å². The number of amides is 1. The summed E-state index contributed by atoms with van der Waals surface area (Å²) >= 11 is 3.09. The number of nitrogens with two attached hydrogens (primary N) is 1. The highest BCUT2D eigenvalue weighted by Gasteiger charge is 2.07. The summed E-state index contributed by atoms with van der Waals surface area (Å²) in [4.78, 5) is 10.7. The van der Waals surface area contributed by atoms with Crippen LogP contribution in [0, 0.1) is 5.82 Å². The summed E-state index contributed by atoms with van der Waals surface area (Å²) in [7, 11) is 0. The van der Waals surface area contributed by atoms with E-state index >= 15 is 0 Å². The molecule has 0 aromatic heterocycles. The maximum atomic E-state index is 12.9. The van der Waals surface area contributed by atoms with E-state index in [9.17, 15) is 9.18 Å². The zero-order valence-corrected chi connectivity index (χ0v) is 9.84. The van der Waals surface area contributed by atoms with E-state index in [1.807, 2.05) is 0 Å². The highest BCUT2D eigenvalue weighted by molar-refractivity contribution is 9.10. The van der Waals surface area contributed by atoms with Gasteiger partial charge in [-0.05, 0) is 40.5 Å². The first-order valence-corrected chi connectivity index (χ1v) is 5.26. The monoisotopic (exact) mass is 274 g/mol. The minimum absolute atomic E-state index is 0.304. The van der Waals surface area contributed by atoms with E-state index in [0.29, 0.717) is 11.0 Å². The molecule has 1 atom stereocenters. The average Bonchev–Trinajstić information content (AvgIpc) is 2.19. The first-order valence-electron chi connectivity index (χ1n) is 4.47. The van der Waals surface area contributed by atoms with Crippen LogP contribution in [-0.2, 0) is 11.3 Å². The van der Waals surface area contributed by atoms with Gasteiger partial charge in [0.1, 0.15) is 5.82 Å². The van der Waals surface area contributed by atoms with Crippen molar-refractivity contribution < 1.29 is 9.18 Å². The van der Waals surface area contributed by atoms with Crippen LogP contribution < -0.4 is 11.1 Å². The van der Waals surface area contributed by atoms with Crippen LogP contribution in [0.15, 0.2) is 22.7 Å². The van der Waals surface area contributed by atoms with Crippen LogP contribution in [0.5, 0.6) is 0 Å². The predicted molar refractivity (Wildman–Crippen MR) is 59.6 cm³/mol. The standard InChI is InChI=1S/C10H12BrFN2O/c1-6(10(13)15)14-5-7-2-3-9(12)8(11)4-7/h2-4,6,14H,5H2,1H3,(H2,13,15). The Labute approximate surface area is 96.0 Å². The first kappa shape index (κ1) is 12.1. The Morgan fingerprint density at radius 2 is 2.33 bits per heavy atom. The molecule has 5 heteroatoms. The number of hydrogen-bond donors (Lipinski definition) is 2. The predicted octanol–water partition coefficient (Wildman–Crippen LogP) is 1.55. The van der Waals surface area contributed by atoms with E-state index in [-0.39, 0.29) is 5.82 Å². The molecule has 1 rings (SSSR count). The topological polar surface area (TPSA) is 55.1 Å². The molecule has 0 fully saturated rings. The summed E-state index contributed by atoms with van der Waals surface area (Å²) in [5, 5.41) is 2.93. The zero-order chi connectivity index (χ0) is 11.4. The fraction of sp³-hybridized carbons (Fsp3) is 0.300. The van der Waals surface area contributed by atoms with E-state index in [4.69, 9.17) is 5.73 Å². The third-order valence-electron chi connectivity index (χ3n) is 2.02. The molecule has 1 aromatic carbocycles. The van der Waals surface area contributed by atoms with Crippen LogP contribution in [0.1, 0.15) is 12.5 Å². The second kappa shape index (κ2) is 5.23. The number of primary amides is 1. The van der Waals surface area contributed by atoms with Gasteiger partial charge in [-0.3, -0.25) is 4.79 Å². The van der Waals surface area contributed by atoms with Gasteiger partial charge >= 0.3 is 0 Å². The maximum Gasteiger partial charge on any atom is 0.234 e. The zero-order valence-electron chi connectivity index (χ0n) is 8.26. The molecular weight excluding hydrogens is 263 g/mol. The number of carbonyl (C=O) groups is 1. The fourth-order valence-electron chi connectivity index (χ4n) is 1.02. The van der Waals surface area contributed by atoms with E-state index < -0.39 is 11.9 Å². The van der Waals surface area contributed by atoms with Crippen LogP contribution in [0.2, 0.25) is 0 Å². The van der Waals surface area contributed by atoms with Crippen LogP contribution in [-0.4, -0.2) is 11.9 Å². The van der Waals surface area contributed by atoms with Crippen molar-refractivity contribution in [2.75, 3.05) is 0 Å². The van der Waals surface area contributed by atoms with Crippen LogP contribution in [0.3, 0.4) is 0 Å². The molecule has 0 heterocycles. The minimum atomic E-state index is -0.406. The van der Waals surface area contributed by atoms with E-state index in [1.165, 1.54) is 6.07 Å². The molecule has 0 saturated carbocycles. The van der Waals surface area contributed by atoms with Gasteiger partial charge in [-0.15, -0.1) is 0 Å². The van der Waals surface area contributed by atoms with Crippen molar-refractivity contribution in [1.82, 2.24) is 5.32 Å². The normalized spacial score (nSPS) is 12.5. The van der Waals surface area contributed by atoms with Crippen molar-refractivity contribution >= 4 is 21.8 Å². The van der Waals surface area contributed by atoms with Crippen molar-refractivity contribution in [2.24, 2.45) is 5.73 Å². The number of hydrogen-bond acceptors (Lipinski definition) is 2. The number of carbonyl (C=O) groups excluding carboxylic acids is 1. The molecular formula is C10H12BrFN2O. The van der Waals surface area contributed by atoms with Crippen LogP contribution in [0.25, 0.3) is 0 Å². The van der Waals surface area contributed by atoms with Crippen molar-refractivity contribution in [3.05, 3.63) is 34.1 Å². The highest BCUT2D eigenvalue weighted by Crippen LogP contribution is 2.16. The van der Waals surface area contributed by atoms with E-state index in [2.05, 4.69) is 21.2 Å². The van der Waals surface area contributed by atoms with Crippen LogP contribution in [0.4, 0.5) is 4.39 Å². The summed E-state index contributed by atoms with van der Waals surface area (Å²) in [6, 6.07) is 4.29. The smallest absolute Gasteiger partial charge is 0.234 e. The van der Waals surface area contributed by atoms with E-state index in [0.717, 1.165) is 5.56 Å². The van der Waals surface area contributed by atoms with Gasteiger partial charge in [0.2, 0.25) is 5.91 Å². The summed E-state index contributed by atoms with van der Waals surface area (Å²) in [6.07, 6.45) is 0. The molecule has 1 amide bonds. The number of halogens is 2. The number of nitrogens with one attached hydrogen (secondary N) is 1. The lowest BCUT2D eigenvalue weighted by molar-refractivity contribution is -0.119. The lowest BCUT2D eigenvalue weighted by Crippen LogP contribution is -2.38. The molecule has 0 radical (unpaired) electrons. The molecule has 3 nitrogen and oxygen atoms in total. The molecule has 0 saturated heterocycles. The number of benzene rings is 1. The Kier molecular flexibility index (Phi) is 4.23. The molecule has 3 N–H and O–H groups in total. The van der Waals surface area contributed by atoms with Crippen molar-refractivity contribution in [1.29, 1.82) is 0 Å². The lowest BCUT2D eigenvalue weighted by Gasteiger charge is -2.10. The van der Waals surface area contributed by atoms with E-state index in [1.54, 1.807) is 19.1 Å². The average molecular weight is 275 g/mol. The Hall–Kier alpha value is -0.940. The molecule has 82 valence electrons. The summed E-state index contributed by atoms with van der Waals surface area (Å²) in [5.74, 6) is -0.710.